The second kappa shape index (κ2) is 8.30. The van der Waals surface area contributed by atoms with Crippen LogP contribution in [-0.2, 0) is 11.3 Å². The SMILES string of the molecule is COc1ccc(C#CCN)cc1CN(CC(N)=O)C(C)C. The van der Waals surface area contributed by atoms with Crippen molar-refractivity contribution in [3.63, 3.8) is 0 Å². The maximum atomic E-state index is 11.2. The number of nitrogens with zero attached hydrogens (tertiary/aromatic N) is 1. The number of nitrogens with two attached hydrogens (primary N) is 2. The minimum atomic E-state index is -0.346. The van der Waals surface area contributed by atoms with Crippen molar-refractivity contribution in [3.8, 4) is 17.6 Å². The second-order valence-corrected chi connectivity index (χ2v) is 5.00. The first kappa shape index (κ1) is 17.0. The summed E-state index contributed by atoms with van der Waals surface area (Å²) in [6, 6.07) is 5.91. The van der Waals surface area contributed by atoms with E-state index in [-0.39, 0.29) is 18.5 Å². The summed E-state index contributed by atoms with van der Waals surface area (Å²) in [5.74, 6) is 6.25. The van der Waals surface area contributed by atoms with Crippen LogP contribution in [0.3, 0.4) is 0 Å². The molecular formula is C16H23N3O2. The van der Waals surface area contributed by atoms with Gasteiger partial charge < -0.3 is 16.2 Å². The summed E-state index contributed by atoms with van der Waals surface area (Å²) in [5.41, 5.74) is 12.5. The Bertz CT molecular complexity index is 544. The number of primary amides is 1. The molecule has 0 saturated carbocycles. The van der Waals surface area contributed by atoms with Crippen LogP contribution in [0.25, 0.3) is 0 Å². The van der Waals surface area contributed by atoms with Gasteiger partial charge in [-0.25, -0.2) is 0 Å². The molecule has 1 aromatic carbocycles. The Labute approximate surface area is 126 Å². The molecule has 5 heteroatoms. The quantitative estimate of drug-likeness (QED) is 0.755. The fourth-order valence-corrected chi connectivity index (χ4v) is 1.97. The van der Waals surface area contributed by atoms with E-state index in [1.165, 1.54) is 0 Å². The third kappa shape index (κ3) is 5.46. The van der Waals surface area contributed by atoms with Crippen molar-refractivity contribution in [1.82, 2.24) is 4.90 Å². The zero-order valence-electron chi connectivity index (χ0n) is 12.8. The Morgan fingerprint density at radius 1 is 1.43 bits per heavy atom. The molecular weight excluding hydrogens is 266 g/mol. The van der Waals surface area contributed by atoms with Crippen LogP contribution in [0.4, 0.5) is 0 Å². The molecule has 0 aliphatic heterocycles. The van der Waals surface area contributed by atoms with Crippen molar-refractivity contribution in [2.24, 2.45) is 11.5 Å². The van der Waals surface area contributed by atoms with Gasteiger partial charge in [0.1, 0.15) is 5.75 Å². The number of ether oxygens (including phenoxy) is 1. The molecule has 5 nitrogen and oxygen atoms in total. The second-order valence-electron chi connectivity index (χ2n) is 5.00. The van der Waals surface area contributed by atoms with Gasteiger partial charge >= 0.3 is 0 Å². The smallest absolute Gasteiger partial charge is 0.231 e. The van der Waals surface area contributed by atoms with Gasteiger partial charge in [0.15, 0.2) is 0 Å². The highest BCUT2D eigenvalue weighted by Crippen LogP contribution is 2.22. The highest BCUT2D eigenvalue weighted by molar-refractivity contribution is 5.76. The molecule has 114 valence electrons. The van der Waals surface area contributed by atoms with Crippen LogP contribution in [0.2, 0.25) is 0 Å². The molecule has 1 amide bonds. The Morgan fingerprint density at radius 3 is 2.67 bits per heavy atom. The third-order valence-corrected chi connectivity index (χ3v) is 3.08. The largest absolute Gasteiger partial charge is 0.496 e. The van der Waals surface area contributed by atoms with Gasteiger partial charge in [0.25, 0.3) is 0 Å². The van der Waals surface area contributed by atoms with Gasteiger partial charge in [0.2, 0.25) is 5.91 Å². The molecule has 0 aliphatic carbocycles. The molecule has 0 aromatic heterocycles. The molecule has 0 bridgehead atoms. The lowest BCUT2D eigenvalue weighted by Crippen LogP contribution is -2.38. The monoisotopic (exact) mass is 289 g/mol. The van der Waals surface area contributed by atoms with E-state index >= 15 is 0 Å². The first-order valence-electron chi connectivity index (χ1n) is 6.86. The van der Waals surface area contributed by atoms with E-state index in [0.29, 0.717) is 13.1 Å². The molecule has 0 unspecified atom stereocenters. The predicted octanol–water partition coefficient (Wildman–Crippen LogP) is 0.701. The minimum Gasteiger partial charge on any atom is -0.496 e. The summed E-state index contributed by atoms with van der Waals surface area (Å²) in [4.78, 5) is 13.2. The van der Waals surface area contributed by atoms with E-state index in [1.807, 2.05) is 36.9 Å². The Kier molecular flexibility index (Phi) is 6.73. The lowest BCUT2D eigenvalue weighted by Gasteiger charge is -2.25. The van der Waals surface area contributed by atoms with Gasteiger partial charge in [-0.3, -0.25) is 9.69 Å². The number of rotatable bonds is 6. The Hall–Kier alpha value is -2.03. The molecule has 0 radical (unpaired) electrons. The standard InChI is InChI=1S/C16H23N3O2/c1-12(2)19(11-16(18)20)10-14-9-13(5-4-8-17)6-7-15(14)21-3/h6-7,9,12H,8,10-11,17H2,1-3H3,(H2,18,20). The molecule has 0 aliphatic rings. The van der Waals surface area contributed by atoms with E-state index in [9.17, 15) is 4.79 Å². The van der Waals surface area contributed by atoms with Crippen molar-refractivity contribution < 1.29 is 9.53 Å². The van der Waals surface area contributed by atoms with E-state index < -0.39 is 0 Å². The molecule has 4 N–H and O–H groups in total. The van der Waals surface area contributed by atoms with Gasteiger partial charge in [-0.15, -0.1) is 0 Å². The minimum absolute atomic E-state index is 0.195. The van der Waals surface area contributed by atoms with Crippen LogP contribution >= 0.6 is 0 Å². The first-order chi connectivity index (χ1) is 9.97. The number of hydrogen-bond acceptors (Lipinski definition) is 4. The average Bonchev–Trinajstić information content (AvgIpc) is 2.44. The number of methoxy groups -OCH3 is 1. The zero-order chi connectivity index (χ0) is 15.8. The Balaban J connectivity index is 3.04. The summed E-state index contributed by atoms with van der Waals surface area (Å²) in [6.45, 7) is 5.14. The topological polar surface area (TPSA) is 81.6 Å². The van der Waals surface area contributed by atoms with Crippen LogP contribution in [0.5, 0.6) is 5.75 Å². The number of amides is 1. The maximum absolute atomic E-state index is 11.2. The Morgan fingerprint density at radius 2 is 2.14 bits per heavy atom. The molecule has 21 heavy (non-hydrogen) atoms. The summed E-state index contributed by atoms with van der Waals surface area (Å²) in [7, 11) is 1.62. The molecule has 0 fully saturated rings. The summed E-state index contributed by atoms with van der Waals surface area (Å²) < 4.78 is 5.37. The molecule has 1 aromatic rings. The number of carbonyl (C=O) groups excluding carboxylic acids is 1. The summed E-state index contributed by atoms with van der Waals surface area (Å²) in [5, 5.41) is 0. The van der Waals surface area contributed by atoms with Crippen molar-refractivity contribution >= 4 is 5.91 Å². The van der Waals surface area contributed by atoms with Gasteiger partial charge in [-0.05, 0) is 32.0 Å². The lowest BCUT2D eigenvalue weighted by molar-refractivity contribution is -0.119. The molecule has 0 heterocycles. The van der Waals surface area contributed by atoms with E-state index in [1.54, 1.807) is 7.11 Å². The van der Waals surface area contributed by atoms with E-state index in [2.05, 4.69) is 11.8 Å². The van der Waals surface area contributed by atoms with E-state index in [0.717, 1.165) is 16.9 Å². The fourth-order valence-electron chi connectivity index (χ4n) is 1.97. The lowest BCUT2D eigenvalue weighted by atomic mass is 10.1. The zero-order valence-corrected chi connectivity index (χ0v) is 12.8. The highest BCUT2D eigenvalue weighted by Gasteiger charge is 2.15. The third-order valence-electron chi connectivity index (χ3n) is 3.08. The van der Waals surface area contributed by atoms with Crippen LogP contribution in [0.1, 0.15) is 25.0 Å². The molecule has 1 rings (SSSR count). The fraction of sp³-hybridized carbons (Fsp3) is 0.438. The van der Waals surface area contributed by atoms with Crippen LogP contribution in [0, 0.1) is 11.8 Å². The number of carbonyl (C=O) groups is 1. The molecule has 0 saturated heterocycles. The number of hydrogen-bond donors (Lipinski definition) is 2. The van der Waals surface area contributed by atoms with Gasteiger partial charge in [0.05, 0.1) is 20.2 Å². The predicted molar refractivity (Wildman–Crippen MR) is 83.7 cm³/mol. The summed E-state index contributed by atoms with van der Waals surface area (Å²) in [6.07, 6.45) is 0. The molecule has 0 atom stereocenters. The van der Waals surface area contributed by atoms with Crippen molar-refractivity contribution in [1.29, 1.82) is 0 Å². The summed E-state index contributed by atoms with van der Waals surface area (Å²) >= 11 is 0. The van der Waals surface area contributed by atoms with Crippen molar-refractivity contribution in [2.45, 2.75) is 26.4 Å². The first-order valence-corrected chi connectivity index (χ1v) is 6.86. The van der Waals surface area contributed by atoms with Gasteiger partial charge in [0, 0.05) is 23.7 Å². The van der Waals surface area contributed by atoms with Crippen LogP contribution in [-0.4, -0.2) is 37.0 Å². The van der Waals surface area contributed by atoms with E-state index in [4.69, 9.17) is 16.2 Å². The molecule has 0 spiro atoms. The van der Waals surface area contributed by atoms with Crippen LogP contribution in [0.15, 0.2) is 18.2 Å². The van der Waals surface area contributed by atoms with Crippen molar-refractivity contribution in [3.05, 3.63) is 29.3 Å². The van der Waals surface area contributed by atoms with Crippen LogP contribution < -0.4 is 16.2 Å². The highest BCUT2D eigenvalue weighted by atomic mass is 16.5. The van der Waals surface area contributed by atoms with Gasteiger partial charge in [-0.1, -0.05) is 11.8 Å². The normalized spacial score (nSPS) is 10.4. The maximum Gasteiger partial charge on any atom is 0.231 e. The van der Waals surface area contributed by atoms with Crippen molar-refractivity contribution in [2.75, 3.05) is 20.2 Å². The number of benzene rings is 1. The van der Waals surface area contributed by atoms with Gasteiger partial charge in [-0.2, -0.15) is 0 Å². The average molecular weight is 289 g/mol.